The Morgan fingerprint density at radius 3 is 1.30 bits per heavy atom. The van der Waals surface area contributed by atoms with Crippen molar-refractivity contribution in [2.45, 2.75) is 19.6 Å². The van der Waals surface area contributed by atoms with Crippen LogP contribution in [0.1, 0.15) is 0 Å². The predicted molar refractivity (Wildman–Crippen MR) is 199 cm³/mol. The van der Waals surface area contributed by atoms with Gasteiger partial charge < -0.3 is 11.5 Å². The third kappa shape index (κ3) is 5.78. The zero-order valence-corrected chi connectivity index (χ0v) is 29.5. The summed E-state index contributed by atoms with van der Waals surface area (Å²) in [6.45, 7) is 0. The van der Waals surface area contributed by atoms with Crippen molar-refractivity contribution in [2.24, 2.45) is 10.2 Å². The van der Waals surface area contributed by atoms with E-state index in [2.05, 4.69) is 21.3 Å². The normalized spacial score (nSPS) is 13.0. The predicted octanol–water partition coefficient (Wildman–Crippen LogP) is 9.42. The third-order valence-electron chi connectivity index (χ3n) is 8.36. The summed E-state index contributed by atoms with van der Waals surface area (Å²) >= 11 is 2.66. The Labute approximate surface area is 298 Å². The monoisotopic (exact) mass is 744 g/mol. The second-order valence-corrected chi connectivity index (χ2v) is 15.4. The summed E-state index contributed by atoms with van der Waals surface area (Å²) in [6.07, 6.45) is 3.62. The van der Waals surface area contributed by atoms with Crippen molar-refractivity contribution < 1.29 is 28.8 Å². The number of rotatable bonds is 9. The molecule has 0 aromatic heterocycles. The maximum atomic E-state index is 12.9. The standard InChI is InChI=1S/C34H28N6O6S4/c1-47-25-15-17(11-13-23(25)27-19-7-3-5-9-21(19)29(35)31(39-37)33(27)49(41,42)43)18-12-14-24(26(16-18)48-2)28-20-8-4-6-10-22(20)30(36)32(40-38)34(28)50(44,45)46/h3-16,37-38H,35-36H2,1-2H3,(H,41,42,43)(H,44,45,46)/b39-37+,40-38+. The van der Waals surface area contributed by atoms with Crippen molar-refractivity contribution in [2.75, 3.05) is 24.0 Å². The summed E-state index contributed by atoms with van der Waals surface area (Å²) in [4.78, 5) is 0.104. The van der Waals surface area contributed by atoms with E-state index in [0.717, 1.165) is 11.1 Å². The number of anilines is 2. The van der Waals surface area contributed by atoms with Gasteiger partial charge in [-0.3, -0.25) is 9.11 Å². The van der Waals surface area contributed by atoms with Crippen LogP contribution in [0, 0.1) is 11.0 Å². The second kappa shape index (κ2) is 13.1. The van der Waals surface area contributed by atoms with Crippen LogP contribution in [0.5, 0.6) is 0 Å². The number of fused-ring (bicyclic) bond motifs is 2. The van der Waals surface area contributed by atoms with Crippen LogP contribution >= 0.6 is 23.5 Å². The van der Waals surface area contributed by atoms with Crippen LogP contribution in [0.4, 0.5) is 22.7 Å². The summed E-state index contributed by atoms with van der Waals surface area (Å²) in [5.74, 6) is 0. The van der Waals surface area contributed by atoms with E-state index >= 15 is 0 Å². The number of nitrogens with zero attached hydrogens (tertiary/aromatic N) is 2. The van der Waals surface area contributed by atoms with Crippen molar-refractivity contribution in [3.8, 4) is 33.4 Å². The summed E-state index contributed by atoms with van der Waals surface area (Å²) in [6, 6.07) is 24.2. The Morgan fingerprint density at radius 1 is 0.620 bits per heavy atom. The smallest absolute Gasteiger partial charge is 0.297 e. The highest BCUT2D eigenvalue weighted by molar-refractivity contribution is 7.99. The molecule has 0 saturated heterocycles. The van der Waals surface area contributed by atoms with E-state index in [1.165, 1.54) is 23.5 Å². The first-order valence-corrected chi connectivity index (χ1v) is 19.8. The molecule has 16 heteroatoms. The van der Waals surface area contributed by atoms with Crippen LogP contribution < -0.4 is 11.5 Å². The zero-order valence-electron chi connectivity index (χ0n) is 28.2. The molecule has 6 aromatic carbocycles. The van der Waals surface area contributed by atoms with Crippen LogP contribution in [0.2, 0.25) is 2.82 Å². The van der Waals surface area contributed by atoms with Crippen LogP contribution in [0.15, 0.2) is 115 Å². The first-order chi connectivity index (χ1) is 24.8. The lowest BCUT2D eigenvalue weighted by Gasteiger charge is -2.20. The number of nitrogen functional groups attached to an aromatic ring is 2. The molecule has 0 fully saturated rings. The topological polar surface area (TPSA) is 233 Å². The molecule has 6 rings (SSSR count). The van der Waals surface area contributed by atoms with Crippen LogP contribution in [0.25, 0.3) is 54.9 Å². The van der Waals surface area contributed by atoms with Gasteiger partial charge in [0.2, 0.25) is 2.82 Å². The third-order valence-corrected chi connectivity index (χ3v) is 11.7. The molecule has 0 aliphatic rings. The second-order valence-electron chi connectivity index (χ2n) is 11.0. The highest BCUT2D eigenvalue weighted by atomic mass is 32.2. The van der Waals surface area contributed by atoms with Gasteiger partial charge in [-0.1, -0.05) is 72.8 Å². The van der Waals surface area contributed by atoms with Gasteiger partial charge in [-0.2, -0.15) is 27.1 Å². The SMILES string of the molecule is [H]/N=N/c1c(S(=O)(=O)O)c(-c2ccc(-c3ccc(-c4c(S(=O)(=O)O)c(/N=N/[H])c(N)c5ccccc45)c(SC)c3)cc2SC)c2ccccc2c1N. The molecular formula is C34H28N6O6S4. The van der Waals surface area contributed by atoms with E-state index in [4.69, 9.17) is 14.3 Å². The number of hydrogen-bond acceptors (Lipinski definition) is 12. The molecule has 0 radical (unpaired) electrons. The Morgan fingerprint density at radius 2 is 0.980 bits per heavy atom. The Bertz CT molecular complexity index is 2540. The summed E-state index contributed by atoms with van der Waals surface area (Å²) in [7, 11) is -9.87. The van der Waals surface area contributed by atoms with Gasteiger partial charge in [0.1, 0.15) is 21.2 Å². The Balaban J connectivity index is 1.61. The first kappa shape index (κ1) is 32.4. The zero-order chi connectivity index (χ0) is 37.5. The van der Waals surface area contributed by atoms with Gasteiger partial charge in [-0.25, -0.2) is 11.0 Å². The fourth-order valence-electron chi connectivity index (χ4n) is 6.24. The first-order valence-electron chi connectivity index (χ1n) is 15.4. The van der Waals surface area contributed by atoms with Crippen LogP contribution in [0.3, 0.4) is 0 Å². The van der Waals surface area contributed by atoms with Crippen molar-refractivity contribution in [1.29, 1.82) is 11.0 Å². The maximum Gasteiger partial charge on any atom is 0.297 e. The molecule has 0 unspecified atom stereocenters. The van der Waals surface area contributed by atoms with Gasteiger partial charge in [0.15, 0.2) is 0 Å². The maximum absolute atomic E-state index is 12.9. The summed E-state index contributed by atoms with van der Waals surface area (Å²) < 4.78 is 87.2. The molecule has 12 nitrogen and oxygen atoms in total. The summed E-state index contributed by atoms with van der Waals surface area (Å²) in [5, 5.41) is 9.14. The van der Waals surface area contributed by atoms with Crippen molar-refractivity contribution in [3.63, 3.8) is 0 Å². The van der Waals surface area contributed by atoms with Crippen molar-refractivity contribution >= 4 is 88.1 Å². The van der Waals surface area contributed by atoms with Crippen molar-refractivity contribution in [3.05, 3.63) is 84.9 Å². The fraction of sp³-hybridized carbons (Fsp3) is 0.0588. The van der Waals surface area contributed by atoms with E-state index in [-0.39, 0.29) is 33.9 Å². The lowest BCUT2D eigenvalue weighted by molar-refractivity contribution is 0.481. The molecule has 8 N–H and O–H groups in total. The number of benzene rings is 6. The minimum atomic E-state index is -4.94. The summed E-state index contributed by atoms with van der Waals surface area (Å²) in [5.41, 5.74) is 20.4. The number of nitrogens with two attached hydrogens (primary N) is 2. The van der Waals surface area contributed by atoms with E-state index in [1.807, 2.05) is 24.6 Å². The molecule has 0 spiro atoms. The highest BCUT2D eigenvalue weighted by Gasteiger charge is 2.30. The van der Waals surface area contributed by atoms with Gasteiger partial charge in [0.25, 0.3) is 20.2 Å². The van der Waals surface area contributed by atoms with Crippen LogP contribution in [-0.4, -0.2) is 38.5 Å². The average molecular weight is 745 g/mol. The molecule has 6 aromatic rings. The molecule has 0 amide bonds. The molecule has 0 bridgehead atoms. The van der Waals surface area contributed by atoms with E-state index in [0.29, 0.717) is 42.5 Å². The minimum absolute atomic E-state index is 0.0594. The number of hydrogen-bond donors (Lipinski definition) is 6. The van der Waals surface area contributed by atoms with Crippen molar-refractivity contribution in [1.82, 2.24) is 0 Å². The molecule has 0 saturated carbocycles. The molecule has 50 heavy (non-hydrogen) atoms. The molecule has 0 heterocycles. The molecule has 254 valence electrons. The van der Waals surface area contributed by atoms with Gasteiger partial charge >= 0.3 is 0 Å². The quantitative estimate of drug-likeness (QED) is 0.0355. The molecule has 0 aliphatic carbocycles. The highest BCUT2D eigenvalue weighted by Crippen LogP contribution is 2.50. The van der Waals surface area contributed by atoms with Gasteiger partial charge in [-0.05, 0) is 57.7 Å². The Hall–Kier alpha value is -4.84. The largest absolute Gasteiger partial charge is 0.396 e. The molecule has 0 aliphatic heterocycles. The van der Waals surface area contributed by atoms with Gasteiger partial charge in [0.05, 0.1) is 11.4 Å². The fourth-order valence-corrected chi connectivity index (χ4v) is 9.26. The average Bonchev–Trinajstić information content (AvgIpc) is 3.12. The lowest BCUT2D eigenvalue weighted by Crippen LogP contribution is -2.05. The molecular weight excluding hydrogens is 717 g/mol. The minimum Gasteiger partial charge on any atom is -0.396 e. The number of thioether (sulfide) groups is 2. The van der Waals surface area contributed by atoms with Gasteiger partial charge in [0, 0.05) is 31.7 Å². The van der Waals surface area contributed by atoms with E-state index in [1.54, 1.807) is 72.8 Å². The molecule has 0 atom stereocenters. The van der Waals surface area contributed by atoms with E-state index in [9.17, 15) is 25.9 Å². The Kier molecular flexibility index (Phi) is 8.50. The lowest BCUT2D eigenvalue weighted by atomic mass is 9.92. The number of nitrogens with one attached hydrogen (secondary N) is 2. The van der Waals surface area contributed by atoms with Crippen LogP contribution in [-0.2, 0) is 20.2 Å². The van der Waals surface area contributed by atoms with Gasteiger partial charge in [-0.15, -0.1) is 23.5 Å². The van der Waals surface area contributed by atoms with E-state index < -0.39 is 30.0 Å².